The van der Waals surface area contributed by atoms with Crippen molar-refractivity contribution in [2.45, 2.75) is 19.1 Å². The van der Waals surface area contributed by atoms with Crippen LogP contribution >= 0.6 is 0 Å². The van der Waals surface area contributed by atoms with Gasteiger partial charge in [0.2, 0.25) is 0 Å². The molecule has 0 fully saturated rings. The van der Waals surface area contributed by atoms with Gasteiger partial charge in [-0.15, -0.1) is 0 Å². The molecule has 4 rings (SSSR count). The number of alkyl halides is 3. The highest BCUT2D eigenvalue weighted by molar-refractivity contribution is 5.81. The van der Waals surface area contributed by atoms with Crippen molar-refractivity contribution < 1.29 is 18.0 Å². The smallest absolute Gasteiger partial charge is 0.340 e. The van der Waals surface area contributed by atoms with Gasteiger partial charge >= 0.3 is 12.2 Å². The van der Waals surface area contributed by atoms with Gasteiger partial charge in [0.1, 0.15) is 12.1 Å². The Morgan fingerprint density at radius 3 is 2.84 bits per heavy atom. The summed E-state index contributed by atoms with van der Waals surface area (Å²) < 4.78 is 39.0. The first-order chi connectivity index (χ1) is 15.4. The van der Waals surface area contributed by atoms with E-state index in [-0.39, 0.29) is 12.2 Å². The minimum absolute atomic E-state index is 0.186. The number of pyridine rings is 1. The van der Waals surface area contributed by atoms with E-state index in [0.29, 0.717) is 24.3 Å². The van der Waals surface area contributed by atoms with E-state index in [0.717, 1.165) is 23.4 Å². The molecule has 8 nitrogen and oxygen atoms in total. The van der Waals surface area contributed by atoms with Crippen LogP contribution in [0.25, 0.3) is 0 Å². The average Bonchev–Trinajstić information content (AvgIpc) is 2.79. The van der Waals surface area contributed by atoms with Gasteiger partial charge in [-0.05, 0) is 24.3 Å². The standard InChI is InChI=1S/C21H18F3N7O/c22-21(23,24)15-4-1-5-16(9-15)29-19-17-12-31(8-6-18(17)26-13-27-19)20(32)30-28-11-14-3-2-7-25-10-14/h1-5,7,9-11,13H,6,8,12H2,(H,30,32)(H,26,27,29)/b28-11+. The lowest BCUT2D eigenvalue weighted by molar-refractivity contribution is -0.137. The molecule has 3 heterocycles. The molecule has 32 heavy (non-hydrogen) atoms. The molecule has 2 aromatic heterocycles. The summed E-state index contributed by atoms with van der Waals surface area (Å²) in [4.78, 5) is 26.4. The molecule has 3 aromatic rings. The van der Waals surface area contributed by atoms with Crippen molar-refractivity contribution >= 4 is 23.8 Å². The van der Waals surface area contributed by atoms with E-state index in [9.17, 15) is 18.0 Å². The second-order valence-electron chi connectivity index (χ2n) is 6.98. The molecule has 164 valence electrons. The van der Waals surface area contributed by atoms with Gasteiger partial charge in [0.15, 0.2) is 0 Å². The van der Waals surface area contributed by atoms with Crippen LogP contribution in [0.5, 0.6) is 0 Å². The maximum Gasteiger partial charge on any atom is 0.416 e. The van der Waals surface area contributed by atoms with Crippen molar-refractivity contribution in [3.05, 3.63) is 77.5 Å². The maximum atomic E-state index is 13.0. The second kappa shape index (κ2) is 9.00. The minimum Gasteiger partial charge on any atom is -0.340 e. The summed E-state index contributed by atoms with van der Waals surface area (Å²) in [5, 5.41) is 6.86. The van der Waals surface area contributed by atoms with E-state index < -0.39 is 17.8 Å². The van der Waals surface area contributed by atoms with E-state index in [1.807, 2.05) is 0 Å². The van der Waals surface area contributed by atoms with Crippen LogP contribution in [0.3, 0.4) is 0 Å². The number of benzene rings is 1. The number of hydrazone groups is 1. The third-order valence-corrected chi connectivity index (χ3v) is 4.80. The highest BCUT2D eigenvalue weighted by Crippen LogP contribution is 2.32. The van der Waals surface area contributed by atoms with Gasteiger partial charge in [0, 0.05) is 42.2 Å². The Morgan fingerprint density at radius 2 is 2.06 bits per heavy atom. The van der Waals surface area contributed by atoms with Crippen LogP contribution in [0.2, 0.25) is 0 Å². The monoisotopic (exact) mass is 441 g/mol. The minimum atomic E-state index is -4.45. The van der Waals surface area contributed by atoms with Crippen molar-refractivity contribution in [1.82, 2.24) is 25.3 Å². The second-order valence-corrected chi connectivity index (χ2v) is 6.98. The zero-order valence-corrected chi connectivity index (χ0v) is 16.7. The molecule has 0 unspecified atom stereocenters. The molecule has 0 spiro atoms. The van der Waals surface area contributed by atoms with Crippen molar-refractivity contribution in [3.63, 3.8) is 0 Å². The third-order valence-electron chi connectivity index (χ3n) is 4.80. The number of carbonyl (C=O) groups is 1. The van der Waals surface area contributed by atoms with Crippen LogP contribution in [0.1, 0.15) is 22.4 Å². The van der Waals surface area contributed by atoms with Crippen LogP contribution in [-0.4, -0.2) is 38.6 Å². The zero-order chi connectivity index (χ0) is 22.6. The molecule has 0 radical (unpaired) electrons. The number of nitrogens with one attached hydrogen (secondary N) is 2. The number of halogens is 3. The third kappa shape index (κ3) is 4.99. The molecular formula is C21H18F3N7O. The lowest BCUT2D eigenvalue weighted by Crippen LogP contribution is -2.41. The molecule has 0 aliphatic carbocycles. The number of carbonyl (C=O) groups excluding carboxylic acids is 1. The molecular weight excluding hydrogens is 423 g/mol. The van der Waals surface area contributed by atoms with E-state index >= 15 is 0 Å². The lowest BCUT2D eigenvalue weighted by Gasteiger charge is -2.28. The van der Waals surface area contributed by atoms with Gasteiger partial charge in [0.25, 0.3) is 0 Å². The molecule has 0 saturated heterocycles. The number of amides is 2. The number of nitrogens with zero attached hydrogens (tertiary/aromatic N) is 5. The number of anilines is 2. The normalized spacial score (nSPS) is 13.7. The Hall–Kier alpha value is -4.02. The topological polar surface area (TPSA) is 95.4 Å². The first-order valence-electron chi connectivity index (χ1n) is 9.65. The fourth-order valence-electron chi connectivity index (χ4n) is 3.22. The number of fused-ring (bicyclic) bond motifs is 1. The first kappa shape index (κ1) is 21.2. The molecule has 0 bridgehead atoms. The zero-order valence-electron chi connectivity index (χ0n) is 16.7. The summed E-state index contributed by atoms with van der Waals surface area (Å²) >= 11 is 0. The highest BCUT2D eigenvalue weighted by Gasteiger charge is 2.30. The molecule has 1 aliphatic rings. The summed E-state index contributed by atoms with van der Waals surface area (Å²) in [6.45, 7) is 0.604. The van der Waals surface area contributed by atoms with Crippen LogP contribution in [0.15, 0.2) is 60.2 Å². The summed E-state index contributed by atoms with van der Waals surface area (Å²) in [5.41, 5.74) is 4.05. The Bertz CT molecular complexity index is 1140. The fraction of sp³-hybridized carbons (Fsp3) is 0.190. The highest BCUT2D eigenvalue weighted by atomic mass is 19.4. The molecule has 0 atom stereocenters. The Morgan fingerprint density at radius 1 is 1.19 bits per heavy atom. The Labute approximate surface area is 181 Å². The van der Waals surface area contributed by atoms with Crippen LogP contribution in [0, 0.1) is 0 Å². The van der Waals surface area contributed by atoms with Crippen LogP contribution in [-0.2, 0) is 19.1 Å². The molecule has 1 aliphatic heterocycles. The SMILES string of the molecule is O=C(N/N=C/c1cccnc1)N1CCc2ncnc(Nc3cccc(C(F)(F)F)c3)c2C1. The van der Waals surface area contributed by atoms with Crippen molar-refractivity contribution in [1.29, 1.82) is 0 Å². The Kier molecular flexibility index (Phi) is 5.97. The van der Waals surface area contributed by atoms with Gasteiger partial charge in [-0.2, -0.15) is 18.3 Å². The summed E-state index contributed by atoms with van der Waals surface area (Å²) in [6, 6.07) is 7.98. The largest absolute Gasteiger partial charge is 0.416 e. The number of hydrogen-bond acceptors (Lipinski definition) is 6. The summed E-state index contributed by atoms with van der Waals surface area (Å²) in [6.07, 6.45) is 2.10. The Balaban J connectivity index is 1.47. The molecule has 0 saturated carbocycles. The van der Waals surface area contributed by atoms with E-state index in [1.165, 1.54) is 29.6 Å². The predicted molar refractivity (Wildman–Crippen MR) is 111 cm³/mol. The fourth-order valence-corrected chi connectivity index (χ4v) is 3.22. The number of hydrogen-bond donors (Lipinski definition) is 2. The summed E-state index contributed by atoms with van der Waals surface area (Å²) in [5.74, 6) is 0.352. The quantitative estimate of drug-likeness (QED) is 0.475. The maximum absolute atomic E-state index is 13.0. The van der Waals surface area contributed by atoms with E-state index in [2.05, 4.69) is 30.8 Å². The predicted octanol–water partition coefficient (Wildman–Crippen LogP) is 3.74. The lowest BCUT2D eigenvalue weighted by atomic mass is 10.1. The number of aromatic nitrogens is 3. The number of rotatable bonds is 4. The first-order valence-corrected chi connectivity index (χ1v) is 9.65. The summed E-state index contributed by atoms with van der Waals surface area (Å²) in [7, 11) is 0. The van der Waals surface area contributed by atoms with Crippen molar-refractivity contribution in [2.75, 3.05) is 11.9 Å². The van der Waals surface area contributed by atoms with Gasteiger partial charge in [-0.25, -0.2) is 20.2 Å². The van der Waals surface area contributed by atoms with Gasteiger partial charge in [-0.1, -0.05) is 12.1 Å². The molecule has 2 N–H and O–H groups in total. The van der Waals surface area contributed by atoms with Gasteiger partial charge < -0.3 is 10.2 Å². The van der Waals surface area contributed by atoms with Crippen LogP contribution in [0.4, 0.5) is 29.5 Å². The van der Waals surface area contributed by atoms with Crippen molar-refractivity contribution in [2.24, 2.45) is 5.10 Å². The van der Waals surface area contributed by atoms with E-state index in [1.54, 1.807) is 24.5 Å². The number of urea groups is 1. The van der Waals surface area contributed by atoms with Gasteiger partial charge in [-0.3, -0.25) is 4.98 Å². The van der Waals surface area contributed by atoms with E-state index in [4.69, 9.17) is 0 Å². The molecule has 1 aromatic carbocycles. The van der Waals surface area contributed by atoms with Crippen molar-refractivity contribution in [3.8, 4) is 0 Å². The van der Waals surface area contributed by atoms with Gasteiger partial charge in [0.05, 0.1) is 24.0 Å². The van der Waals surface area contributed by atoms with Crippen LogP contribution < -0.4 is 10.7 Å². The molecule has 11 heteroatoms. The average molecular weight is 441 g/mol. The molecule has 2 amide bonds.